The number of rotatable bonds is 4. The third kappa shape index (κ3) is 3.45. The Bertz CT molecular complexity index is 1130. The molecule has 0 fully saturated rings. The van der Waals surface area contributed by atoms with E-state index >= 15 is 0 Å². The van der Waals surface area contributed by atoms with E-state index in [0.717, 1.165) is 36.8 Å². The first-order chi connectivity index (χ1) is 15.6. The fourth-order valence-electron chi connectivity index (χ4n) is 4.60. The van der Waals surface area contributed by atoms with Gasteiger partial charge in [0.1, 0.15) is 12.4 Å². The normalized spacial score (nSPS) is 19.2. The van der Waals surface area contributed by atoms with Gasteiger partial charge < -0.3 is 30.6 Å². The minimum absolute atomic E-state index is 0.137. The Morgan fingerprint density at radius 2 is 1.84 bits per heavy atom. The summed E-state index contributed by atoms with van der Waals surface area (Å²) in [5, 5.41) is 1.82. The van der Waals surface area contributed by atoms with Crippen LogP contribution in [0.5, 0.6) is 17.2 Å². The average Bonchev–Trinajstić information content (AvgIpc) is 3.60. The summed E-state index contributed by atoms with van der Waals surface area (Å²) in [5.41, 5.74) is 14.3. The lowest BCUT2D eigenvalue weighted by Crippen LogP contribution is -2.36. The molecule has 0 saturated carbocycles. The number of para-hydroxylation sites is 1. The van der Waals surface area contributed by atoms with E-state index in [0.29, 0.717) is 18.0 Å². The van der Waals surface area contributed by atoms with E-state index in [1.54, 1.807) is 12.1 Å². The maximum Gasteiger partial charge on any atom is 0.258 e. The number of benzene rings is 2. The van der Waals surface area contributed by atoms with Gasteiger partial charge in [0.15, 0.2) is 11.5 Å². The molecule has 1 amide bonds. The molecule has 0 saturated heterocycles. The number of fused-ring (bicyclic) bond motifs is 5. The highest BCUT2D eigenvalue weighted by atomic mass is 32.1. The quantitative estimate of drug-likeness (QED) is 0.632. The topological polar surface area (TPSA) is 100 Å². The number of thiophene rings is 1. The maximum atomic E-state index is 10.3. The number of nitrogens with zero attached hydrogens (tertiary/aromatic N) is 1. The summed E-state index contributed by atoms with van der Waals surface area (Å²) in [7, 11) is 0. The summed E-state index contributed by atoms with van der Waals surface area (Å²) in [4.78, 5) is 13.3. The Kier molecular flexibility index (Phi) is 5.40. The second-order valence-electron chi connectivity index (χ2n) is 7.99. The number of ether oxygens (including phenoxy) is 3. The van der Waals surface area contributed by atoms with E-state index in [1.807, 2.05) is 11.4 Å². The van der Waals surface area contributed by atoms with Gasteiger partial charge in [0.05, 0.1) is 10.3 Å². The summed E-state index contributed by atoms with van der Waals surface area (Å²) < 4.78 is 17.2. The molecule has 6 rings (SSSR count). The van der Waals surface area contributed by atoms with E-state index in [-0.39, 0.29) is 18.1 Å². The highest BCUT2D eigenvalue weighted by Crippen LogP contribution is 2.54. The number of hydrogen-bond acceptors (Lipinski definition) is 7. The van der Waals surface area contributed by atoms with Crippen LogP contribution in [0, 0.1) is 0 Å². The summed E-state index contributed by atoms with van der Waals surface area (Å²) >= 11 is 1.36. The number of primary amides is 1. The van der Waals surface area contributed by atoms with Crippen molar-refractivity contribution in [2.75, 3.05) is 37.9 Å². The molecule has 3 aliphatic heterocycles. The Balaban J connectivity index is 0.000000230. The van der Waals surface area contributed by atoms with Crippen LogP contribution in [-0.4, -0.2) is 38.9 Å². The lowest BCUT2D eigenvalue weighted by atomic mass is 9.77. The van der Waals surface area contributed by atoms with Gasteiger partial charge in [-0.2, -0.15) is 0 Å². The minimum Gasteiger partial charge on any atom is -0.492 e. The maximum absolute atomic E-state index is 10.3. The van der Waals surface area contributed by atoms with Crippen molar-refractivity contribution in [3.63, 3.8) is 0 Å². The Morgan fingerprint density at radius 1 is 1.03 bits per heavy atom. The van der Waals surface area contributed by atoms with Crippen molar-refractivity contribution >= 4 is 22.9 Å². The Hall–Kier alpha value is -3.23. The molecule has 32 heavy (non-hydrogen) atoms. The van der Waals surface area contributed by atoms with Gasteiger partial charge in [0, 0.05) is 30.4 Å². The number of nitrogens with two attached hydrogens (primary N) is 2. The van der Waals surface area contributed by atoms with Gasteiger partial charge >= 0.3 is 0 Å². The first-order valence-electron chi connectivity index (χ1n) is 10.6. The summed E-state index contributed by atoms with van der Waals surface area (Å²) in [6, 6.07) is 16.2. The predicted octanol–water partition coefficient (Wildman–Crippen LogP) is 3.11. The third-order valence-corrected chi connectivity index (χ3v) is 6.97. The minimum atomic E-state index is -0.347. The zero-order valence-electron chi connectivity index (χ0n) is 17.6. The van der Waals surface area contributed by atoms with Crippen molar-refractivity contribution in [2.45, 2.75) is 11.8 Å². The second kappa shape index (κ2) is 8.37. The monoisotopic (exact) mass is 451 g/mol. The first-order valence-corrected chi connectivity index (χ1v) is 11.4. The highest BCUT2D eigenvalue weighted by Gasteiger charge is 2.50. The van der Waals surface area contributed by atoms with Gasteiger partial charge in [-0.15, -0.1) is 11.3 Å². The van der Waals surface area contributed by atoms with Crippen LogP contribution in [0.25, 0.3) is 0 Å². The van der Waals surface area contributed by atoms with Crippen LogP contribution in [0.1, 0.15) is 27.2 Å². The van der Waals surface area contributed by atoms with Gasteiger partial charge in [0.2, 0.25) is 6.79 Å². The molecule has 0 radical (unpaired) electrons. The predicted molar refractivity (Wildman–Crippen MR) is 124 cm³/mol. The lowest BCUT2D eigenvalue weighted by molar-refractivity contribution is 0.100. The molecule has 166 valence electrons. The standard InChI is InChI=1S/C19H20N2O3.C5H5NOS/c20-6-3-7-21-10-19(13-4-1-2-5-15(13)21)11-22-16-9-18-17(8-14(16)19)23-12-24-18;6-5(7)4-2-1-3-8-4/h1-2,4-5,8-9H,3,6-7,10-12,20H2;1-3H,(H2,6,7). The van der Waals surface area contributed by atoms with Crippen LogP contribution in [0.15, 0.2) is 53.9 Å². The van der Waals surface area contributed by atoms with Crippen LogP contribution in [0.4, 0.5) is 5.69 Å². The molecule has 4 heterocycles. The first kappa shape index (κ1) is 20.7. The van der Waals surface area contributed by atoms with Crippen molar-refractivity contribution in [1.29, 1.82) is 0 Å². The van der Waals surface area contributed by atoms with E-state index in [9.17, 15) is 4.79 Å². The van der Waals surface area contributed by atoms with E-state index in [4.69, 9.17) is 25.7 Å². The van der Waals surface area contributed by atoms with Crippen molar-refractivity contribution in [1.82, 2.24) is 0 Å². The van der Waals surface area contributed by atoms with E-state index in [2.05, 4.69) is 35.2 Å². The fourth-order valence-corrected chi connectivity index (χ4v) is 5.18. The van der Waals surface area contributed by atoms with Gasteiger partial charge in [0.25, 0.3) is 5.91 Å². The molecule has 0 aliphatic carbocycles. The summed E-state index contributed by atoms with van der Waals surface area (Å²) in [6.45, 7) is 3.53. The molecule has 8 heteroatoms. The largest absolute Gasteiger partial charge is 0.492 e. The molecule has 3 aliphatic rings. The zero-order chi connectivity index (χ0) is 22.1. The van der Waals surface area contributed by atoms with Gasteiger partial charge in [-0.05, 0) is 42.1 Å². The van der Waals surface area contributed by atoms with Crippen molar-refractivity contribution in [3.8, 4) is 17.2 Å². The molecule has 1 aromatic heterocycles. The molecular formula is C24H25N3O4S. The van der Waals surface area contributed by atoms with Gasteiger partial charge in [-0.25, -0.2) is 0 Å². The van der Waals surface area contributed by atoms with Crippen LogP contribution in [0.3, 0.4) is 0 Å². The SMILES string of the molecule is NC(=O)c1cccs1.NCCCN1CC2(COc3cc4c(cc32)OCO4)c2ccccc21. The van der Waals surface area contributed by atoms with Crippen LogP contribution < -0.4 is 30.6 Å². The molecular weight excluding hydrogens is 426 g/mol. The van der Waals surface area contributed by atoms with Crippen LogP contribution in [-0.2, 0) is 5.41 Å². The summed E-state index contributed by atoms with van der Waals surface area (Å²) in [6.07, 6.45) is 0.985. The van der Waals surface area contributed by atoms with E-state index < -0.39 is 0 Å². The zero-order valence-corrected chi connectivity index (χ0v) is 18.4. The second-order valence-corrected chi connectivity index (χ2v) is 8.94. The van der Waals surface area contributed by atoms with Crippen LogP contribution in [0.2, 0.25) is 0 Å². The molecule has 1 unspecified atom stereocenters. The average molecular weight is 452 g/mol. The number of anilines is 1. The number of carbonyl (C=O) groups excluding carboxylic acids is 1. The number of hydrogen-bond donors (Lipinski definition) is 2. The van der Waals surface area contributed by atoms with Crippen LogP contribution >= 0.6 is 11.3 Å². The van der Waals surface area contributed by atoms with Crippen molar-refractivity contribution in [3.05, 3.63) is 69.9 Å². The van der Waals surface area contributed by atoms with Gasteiger partial charge in [-0.3, -0.25) is 4.79 Å². The van der Waals surface area contributed by atoms with Gasteiger partial charge in [-0.1, -0.05) is 24.3 Å². The Morgan fingerprint density at radius 3 is 2.56 bits per heavy atom. The lowest BCUT2D eigenvalue weighted by Gasteiger charge is -2.25. The molecule has 7 nitrogen and oxygen atoms in total. The molecule has 4 N–H and O–H groups in total. The fraction of sp³-hybridized carbons (Fsp3) is 0.292. The van der Waals surface area contributed by atoms with Crippen molar-refractivity contribution in [2.24, 2.45) is 11.5 Å². The molecule has 0 bridgehead atoms. The van der Waals surface area contributed by atoms with Crippen molar-refractivity contribution < 1.29 is 19.0 Å². The molecule has 3 aromatic rings. The Labute approximate surface area is 190 Å². The van der Waals surface area contributed by atoms with E-state index in [1.165, 1.54) is 28.2 Å². The molecule has 2 aromatic carbocycles. The number of carbonyl (C=O) groups is 1. The smallest absolute Gasteiger partial charge is 0.258 e. The third-order valence-electron chi connectivity index (χ3n) is 6.08. The number of amides is 1. The highest BCUT2D eigenvalue weighted by molar-refractivity contribution is 7.12. The molecule has 1 atom stereocenters. The molecule has 1 spiro atoms. The summed E-state index contributed by atoms with van der Waals surface area (Å²) in [5.74, 6) is 2.16.